The Morgan fingerprint density at radius 2 is 1.15 bits per heavy atom. The van der Waals surface area contributed by atoms with Gasteiger partial charge < -0.3 is 87.0 Å². The maximum Gasteiger partial charge on any atom is 0.246 e. The third kappa shape index (κ3) is 25.7. The number of nitrogens with one attached hydrogen (secondary N) is 9. The van der Waals surface area contributed by atoms with Crippen LogP contribution in [0.5, 0.6) is 5.75 Å². The van der Waals surface area contributed by atoms with E-state index in [0.29, 0.717) is 44.1 Å². The minimum Gasteiger partial charge on any atom is -0.505 e. The van der Waals surface area contributed by atoms with Crippen molar-refractivity contribution in [1.82, 2.24) is 76.7 Å². The SMILES string of the molecule is CCCCCCCCN(C)C(=O)[C@@H]1CC(=O)N[C@@H](C)C(=O)N2CCC[C@H]2C(=O)N[C@@H](CCS(C)(=O)=O)C(=O)N[C@@H](Cc2ccc(O)c(F)c2)C(=O)N(C)[C@@H](Cc2cnc[nH]2)C(=O)N[C@@H]([C@@H](C)O)C(=O)N[C@@H]([C@@H](C)O)C(=O)N[C@@H](Cc2c[nH]c3ccccc23)C(=O)N(C)[C@@H](Cc2ccc(Cl)cc2)C(=O)N(C)[C@@H](Cc2ccc(Cl)cc2)C(=O)N1. The lowest BCUT2D eigenvalue weighted by atomic mass is 9.98. The summed E-state index contributed by atoms with van der Waals surface area (Å²) < 4.78 is 41.0. The summed E-state index contributed by atoms with van der Waals surface area (Å²) in [6, 6.07) is 3.87. The van der Waals surface area contributed by atoms with Crippen LogP contribution in [-0.2, 0) is 99.5 Å². The van der Waals surface area contributed by atoms with Crippen LogP contribution in [0.4, 0.5) is 4.39 Å². The number of benzene rings is 4. The van der Waals surface area contributed by atoms with Crippen molar-refractivity contribution in [3.8, 4) is 5.75 Å². The number of rotatable bonds is 23. The summed E-state index contributed by atoms with van der Waals surface area (Å²) in [6.45, 7) is 5.75. The Balaban J connectivity index is 1.26. The number of halogens is 3. The van der Waals surface area contributed by atoms with E-state index in [-0.39, 0.29) is 56.5 Å². The third-order valence-corrected chi connectivity index (χ3v) is 22.6. The van der Waals surface area contributed by atoms with Crippen molar-refractivity contribution < 1.29 is 85.7 Å². The highest BCUT2D eigenvalue weighted by Crippen LogP contribution is 2.26. The number of unbranched alkanes of at least 4 members (excludes halogenated alkanes) is 5. The predicted octanol–water partition coefficient (Wildman–Crippen LogP) is 2.86. The second-order valence-electron chi connectivity index (χ2n) is 30.2. The molecule has 36 heteroatoms. The van der Waals surface area contributed by atoms with Gasteiger partial charge in [0.1, 0.15) is 76.3 Å². The normalized spacial score (nSPS) is 23.4. The van der Waals surface area contributed by atoms with Crippen LogP contribution in [0.25, 0.3) is 10.9 Å². The number of phenols is 1. The average Bonchev–Trinajstić information content (AvgIpc) is 1.77. The van der Waals surface area contributed by atoms with Crippen molar-refractivity contribution >= 4 is 115 Å². The molecule has 0 bridgehead atoms. The molecule has 117 heavy (non-hydrogen) atoms. The van der Waals surface area contributed by atoms with E-state index in [2.05, 4.69) is 59.1 Å². The van der Waals surface area contributed by atoms with Crippen LogP contribution >= 0.6 is 23.2 Å². The number of imidazole rings is 1. The summed E-state index contributed by atoms with van der Waals surface area (Å²) in [6.07, 6.45) is 3.28. The first-order valence-corrected chi connectivity index (χ1v) is 41.7. The number of carbonyl (C=O) groups excluding carboxylic acids is 12. The molecular formula is C81H106Cl2FN15O17S. The molecule has 634 valence electrons. The number of aromatic hydroxyl groups is 1. The molecule has 4 heterocycles. The number of hydrogen-bond acceptors (Lipinski definition) is 18. The Morgan fingerprint density at radius 3 is 1.76 bits per heavy atom. The molecule has 2 aromatic heterocycles. The van der Waals surface area contributed by atoms with Crippen LogP contribution in [0, 0.1) is 5.82 Å². The van der Waals surface area contributed by atoms with Crippen molar-refractivity contribution in [2.24, 2.45) is 0 Å². The molecule has 2 aliphatic rings. The molecule has 2 aliphatic heterocycles. The van der Waals surface area contributed by atoms with Crippen LogP contribution in [0.2, 0.25) is 10.0 Å². The first kappa shape index (κ1) is 92.0. The number of aromatic nitrogens is 3. The van der Waals surface area contributed by atoms with Gasteiger partial charge in [-0.05, 0) is 111 Å². The van der Waals surface area contributed by atoms with Crippen molar-refractivity contribution in [2.45, 2.75) is 203 Å². The lowest BCUT2D eigenvalue weighted by Gasteiger charge is -2.37. The number of sulfone groups is 1. The van der Waals surface area contributed by atoms with Gasteiger partial charge in [-0.1, -0.05) is 111 Å². The zero-order valence-electron chi connectivity index (χ0n) is 66.9. The number of nitrogens with zero attached hydrogens (tertiary/aromatic N) is 6. The number of H-pyrrole nitrogens is 2. The van der Waals surface area contributed by atoms with E-state index in [1.54, 1.807) is 79.0 Å². The molecule has 12 amide bonds. The summed E-state index contributed by atoms with van der Waals surface area (Å²) in [7, 11) is 1.29. The van der Waals surface area contributed by atoms with Crippen molar-refractivity contribution in [3.63, 3.8) is 0 Å². The fourth-order valence-corrected chi connectivity index (χ4v) is 15.2. The van der Waals surface area contributed by atoms with E-state index in [1.165, 1.54) is 51.6 Å². The largest absolute Gasteiger partial charge is 0.505 e. The smallest absolute Gasteiger partial charge is 0.246 e. The molecular weight excluding hydrogens is 1580 g/mol. The minimum absolute atomic E-state index is 0.0206. The van der Waals surface area contributed by atoms with E-state index in [9.17, 15) is 52.5 Å². The Bertz CT molecular complexity index is 4620. The lowest BCUT2D eigenvalue weighted by Crippen LogP contribution is -2.64. The van der Waals surface area contributed by atoms with Gasteiger partial charge in [-0.2, -0.15) is 0 Å². The second-order valence-corrected chi connectivity index (χ2v) is 33.4. The van der Waals surface area contributed by atoms with Gasteiger partial charge in [0, 0.05) is 119 Å². The van der Waals surface area contributed by atoms with Crippen molar-refractivity contribution in [3.05, 3.63) is 154 Å². The van der Waals surface area contributed by atoms with E-state index in [1.807, 2.05) is 0 Å². The maximum atomic E-state index is 16.0. The van der Waals surface area contributed by atoms with E-state index in [0.717, 1.165) is 91.0 Å². The Kier molecular flexibility index (Phi) is 33.4. The Labute approximate surface area is 688 Å². The van der Waals surface area contributed by atoms with Gasteiger partial charge >= 0.3 is 0 Å². The number of hydrogen-bond donors (Lipinski definition) is 12. The summed E-state index contributed by atoms with van der Waals surface area (Å²) in [5, 5.41) is 52.4. The van der Waals surface area contributed by atoms with E-state index >= 15 is 33.2 Å². The van der Waals surface area contributed by atoms with Crippen LogP contribution < -0.4 is 37.2 Å². The molecule has 13 atom stereocenters. The fourth-order valence-electron chi connectivity index (χ4n) is 14.3. The molecule has 0 aliphatic carbocycles. The molecule has 12 N–H and O–H groups in total. The highest BCUT2D eigenvalue weighted by atomic mass is 35.5. The number of likely N-dealkylation sites (N-methyl/N-ethyl adjacent to an activating group) is 4. The number of para-hydroxylation sites is 1. The molecule has 2 saturated heterocycles. The van der Waals surface area contributed by atoms with Gasteiger partial charge in [0.05, 0.1) is 30.7 Å². The molecule has 8 rings (SSSR count). The topological polar surface area (TPSA) is 445 Å². The van der Waals surface area contributed by atoms with Gasteiger partial charge in [-0.15, -0.1) is 0 Å². The number of aliphatic hydroxyl groups is 2. The molecule has 0 saturated carbocycles. The van der Waals surface area contributed by atoms with E-state index in [4.69, 9.17) is 23.2 Å². The van der Waals surface area contributed by atoms with Gasteiger partial charge in [0.25, 0.3) is 0 Å². The zero-order valence-corrected chi connectivity index (χ0v) is 69.2. The molecule has 2 fully saturated rings. The average molecular weight is 1680 g/mol. The standard InChI is InChI=1S/C81H106Cl2FN15O17S/c1-10-11-12-13-14-17-33-95(5)78(111)62-42-68(103)88-46(2)77(110)99-34-18-21-63(99)72(105)89-59(32-35-117(9,115)116)71(104)90-60(37-51-26-31-67(102)57(84)36-51)79(112)96(6)65(41-55-44-85-45-87-55)74(107)93-70(48(4)101)76(109)94-69(47(3)100)75(108)92-61(40-52-43-86-58-20-16-15-19-56(52)58)80(113)98(8)66(39-50-24-29-54(83)30-25-50)81(114)97(7)64(73(106)91-62)38-49-22-27-53(82)28-23-49/h15-16,19-20,22-31,36,43-48,59-66,69-70,86,100-102H,10-14,17-18,21,32-35,37-42H2,1-9H3,(H,85,87)(H,88,103)(H,89,105)(H,90,104)(H,91,106)(H,92,108)(H,93,107)(H,94,109)/t46-,47+,48+,59-,60-,61-,62-,63-,64-,65-,66-,69-,70-/m0/s1. The summed E-state index contributed by atoms with van der Waals surface area (Å²) in [4.78, 5) is 198. The third-order valence-electron chi connectivity index (χ3n) is 21.1. The van der Waals surface area contributed by atoms with E-state index < -0.39 is 202 Å². The maximum absolute atomic E-state index is 16.0. The number of carbonyl (C=O) groups is 12. The quantitative estimate of drug-likeness (QED) is 0.0410. The molecule has 0 unspecified atom stereocenters. The van der Waals surface area contributed by atoms with Gasteiger partial charge in [0.15, 0.2) is 11.6 Å². The van der Waals surface area contributed by atoms with Crippen molar-refractivity contribution in [1.29, 1.82) is 0 Å². The fraction of sp³-hybridized carbons (Fsp3) is 0.494. The van der Waals surface area contributed by atoms with Gasteiger partial charge in [0.2, 0.25) is 70.9 Å². The van der Waals surface area contributed by atoms with Crippen LogP contribution in [0.3, 0.4) is 0 Å². The van der Waals surface area contributed by atoms with Gasteiger partial charge in [-0.25, -0.2) is 17.8 Å². The zero-order chi connectivity index (χ0) is 85.7. The van der Waals surface area contributed by atoms with Crippen molar-refractivity contribution in [2.75, 3.05) is 53.3 Å². The highest BCUT2D eigenvalue weighted by molar-refractivity contribution is 7.90. The minimum atomic E-state index is -3.94. The molecule has 4 aromatic carbocycles. The summed E-state index contributed by atoms with van der Waals surface area (Å²) in [5.41, 5.74) is 2.18. The first-order chi connectivity index (χ1) is 55.4. The second kappa shape index (κ2) is 42.5. The number of amides is 12. The van der Waals surface area contributed by atoms with Crippen LogP contribution in [0.1, 0.15) is 120 Å². The van der Waals surface area contributed by atoms with Gasteiger partial charge in [-0.3, -0.25) is 57.5 Å². The first-order valence-electron chi connectivity index (χ1n) is 38.9. The molecule has 0 radical (unpaired) electrons. The summed E-state index contributed by atoms with van der Waals surface area (Å²) >= 11 is 12.8. The summed E-state index contributed by atoms with van der Waals surface area (Å²) in [5.74, 6) is -14.8. The Hall–Kier alpha value is -10.6. The Morgan fingerprint density at radius 1 is 0.615 bits per heavy atom. The van der Waals surface area contributed by atoms with Crippen LogP contribution in [-0.4, -0.2) is 266 Å². The number of fused-ring (bicyclic) bond motifs is 2. The number of aromatic amines is 2. The molecule has 32 nitrogen and oxygen atoms in total. The lowest BCUT2D eigenvalue weighted by molar-refractivity contribution is -0.149. The highest BCUT2D eigenvalue weighted by Gasteiger charge is 2.44. The molecule has 0 spiro atoms. The number of phenolic OH excluding ortho intramolecular Hbond substituents is 1. The monoisotopic (exact) mass is 1680 g/mol. The molecule has 6 aromatic rings. The van der Waals surface area contributed by atoms with Crippen LogP contribution in [0.15, 0.2) is 110 Å². The number of aliphatic hydroxyl groups excluding tert-OH is 2. The predicted molar refractivity (Wildman–Crippen MR) is 433 cm³/mol.